The zero-order valence-electron chi connectivity index (χ0n) is 17.6. The summed E-state index contributed by atoms with van der Waals surface area (Å²) in [5.41, 5.74) is 2.96. The molecule has 0 radical (unpaired) electrons. The van der Waals surface area contributed by atoms with Crippen LogP contribution in [0.3, 0.4) is 0 Å². The Labute approximate surface area is 214 Å². The largest absolute Gasteiger partial charge is 0.507 e. The maximum absolute atomic E-state index is 12.9. The Morgan fingerprint density at radius 3 is 2.32 bits per heavy atom. The molecule has 1 fully saturated rings. The van der Waals surface area contributed by atoms with E-state index in [-0.39, 0.29) is 17.2 Å². The Balaban J connectivity index is 1.55. The summed E-state index contributed by atoms with van der Waals surface area (Å²) in [6.45, 7) is 1.94. The molecule has 3 aromatic rings. The SMILES string of the molecule is Cc1ccc(N=Nc2ccc(O)c(/C=C3\SC(=O)N(Cc4ccc(Cl)c(Cl)c4)C3=O)c2)cc1Cl. The average molecular weight is 533 g/mol. The van der Waals surface area contributed by atoms with Crippen LogP contribution in [0.1, 0.15) is 16.7 Å². The molecule has 0 saturated carbocycles. The summed E-state index contributed by atoms with van der Waals surface area (Å²) in [5.74, 6) is -0.532. The first-order chi connectivity index (χ1) is 16.2. The number of amides is 2. The van der Waals surface area contributed by atoms with Crippen LogP contribution in [0.15, 0.2) is 69.7 Å². The van der Waals surface area contributed by atoms with Crippen molar-refractivity contribution in [3.8, 4) is 5.75 Å². The lowest BCUT2D eigenvalue weighted by Crippen LogP contribution is -2.27. The highest BCUT2D eigenvalue weighted by Gasteiger charge is 2.35. The number of azo groups is 1. The van der Waals surface area contributed by atoms with Gasteiger partial charge in [-0.3, -0.25) is 14.5 Å². The van der Waals surface area contributed by atoms with Crippen LogP contribution in [-0.2, 0) is 11.3 Å². The van der Waals surface area contributed by atoms with Gasteiger partial charge in [-0.2, -0.15) is 10.2 Å². The van der Waals surface area contributed by atoms with Gasteiger partial charge in [0, 0.05) is 10.6 Å². The molecule has 4 rings (SSSR count). The number of phenolic OH excluding ortho intramolecular Hbond substituents is 1. The highest BCUT2D eigenvalue weighted by atomic mass is 35.5. The topological polar surface area (TPSA) is 82.3 Å². The number of benzene rings is 3. The zero-order valence-corrected chi connectivity index (χ0v) is 20.7. The number of rotatable bonds is 5. The van der Waals surface area contributed by atoms with Gasteiger partial charge in [0.2, 0.25) is 0 Å². The molecule has 0 spiro atoms. The van der Waals surface area contributed by atoms with E-state index in [0.717, 1.165) is 22.2 Å². The molecule has 6 nitrogen and oxygen atoms in total. The molecule has 0 bridgehead atoms. The molecule has 0 unspecified atom stereocenters. The van der Waals surface area contributed by atoms with Crippen molar-refractivity contribution in [3.63, 3.8) is 0 Å². The second-order valence-corrected chi connectivity index (χ2v) is 9.61. The molecular weight excluding hydrogens is 517 g/mol. The molecule has 1 aliphatic rings. The molecule has 0 atom stereocenters. The van der Waals surface area contributed by atoms with Crippen LogP contribution in [0.5, 0.6) is 5.75 Å². The van der Waals surface area contributed by atoms with Crippen LogP contribution < -0.4 is 0 Å². The summed E-state index contributed by atoms with van der Waals surface area (Å²) >= 11 is 18.9. The third kappa shape index (κ3) is 5.45. The van der Waals surface area contributed by atoms with Crippen molar-refractivity contribution >= 4 is 75.2 Å². The molecule has 0 aliphatic carbocycles. The van der Waals surface area contributed by atoms with Gasteiger partial charge in [0.1, 0.15) is 5.75 Å². The molecule has 2 amide bonds. The molecular formula is C24H16Cl3N3O3S. The number of carbonyl (C=O) groups is 2. The minimum Gasteiger partial charge on any atom is -0.507 e. The van der Waals surface area contributed by atoms with E-state index < -0.39 is 11.1 Å². The maximum Gasteiger partial charge on any atom is 0.293 e. The van der Waals surface area contributed by atoms with Gasteiger partial charge < -0.3 is 5.11 Å². The van der Waals surface area contributed by atoms with Crippen molar-refractivity contribution in [2.75, 3.05) is 0 Å². The monoisotopic (exact) mass is 531 g/mol. The highest BCUT2D eigenvalue weighted by molar-refractivity contribution is 8.18. The number of carbonyl (C=O) groups excluding carboxylic acids is 2. The van der Waals surface area contributed by atoms with Crippen LogP contribution in [0.25, 0.3) is 6.08 Å². The molecule has 1 aliphatic heterocycles. The van der Waals surface area contributed by atoms with Crippen LogP contribution in [0.4, 0.5) is 16.2 Å². The first-order valence-electron chi connectivity index (χ1n) is 9.91. The smallest absolute Gasteiger partial charge is 0.293 e. The molecule has 34 heavy (non-hydrogen) atoms. The molecule has 1 N–H and O–H groups in total. The van der Waals surface area contributed by atoms with Gasteiger partial charge in [-0.05, 0) is 78.4 Å². The molecule has 1 heterocycles. The number of hydrogen-bond donors (Lipinski definition) is 1. The fourth-order valence-corrected chi connectivity index (χ4v) is 4.40. The van der Waals surface area contributed by atoms with E-state index in [2.05, 4.69) is 10.2 Å². The molecule has 1 saturated heterocycles. The van der Waals surface area contributed by atoms with E-state index >= 15 is 0 Å². The Morgan fingerprint density at radius 2 is 1.62 bits per heavy atom. The van der Waals surface area contributed by atoms with E-state index in [0.29, 0.717) is 37.6 Å². The Kier molecular flexibility index (Phi) is 7.28. The molecule has 3 aromatic carbocycles. The van der Waals surface area contributed by atoms with E-state index in [4.69, 9.17) is 34.8 Å². The number of aryl methyl sites for hydroxylation is 1. The standard InChI is InChI=1S/C24H16Cl3N3O3S/c1-13-2-4-17(11-19(13)26)29-28-16-5-7-21(31)15(9-16)10-22-23(32)30(24(33)34-22)12-14-3-6-18(25)20(27)8-14/h2-11,31H,12H2,1H3/b22-10-,29-28?. The predicted octanol–water partition coefficient (Wildman–Crippen LogP) is 8.31. The summed E-state index contributed by atoms with van der Waals surface area (Å²) in [6, 6.07) is 14.8. The third-order valence-corrected chi connectivity index (χ3v) is 6.99. The number of halogens is 3. The van der Waals surface area contributed by atoms with Gasteiger partial charge in [-0.1, -0.05) is 46.9 Å². The van der Waals surface area contributed by atoms with Crippen molar-refractivity contribution in [1.29, 1.82) is 0 Å². The highest BCUT2D eigenvalue weighted by Crippen LogP contribution is 2.36. The molecule has 10 heteroatoms. The number of aromatic hydroxyl groups is 1. The van der Waals surface area contributed by atoms with Crippen molar-refractivity contribution in [1.82, 2.24) is 4.90 Å². The Hall–Kier alpha value is -2.84. The summed E-state index contributed by atoms with van der Waals surface area (Å²) in [4.78, 5) is 26.6. The number of hydrogen-bond acceptors (Lipinski definition) is 6. The van der Waals surface area contributed by atoms with Crippen molar-refractivity contribution in [3.05, 3.63) is 91.3 Å². The van der Waals surface area contributed by atoms with Crippen LogP contribution in [0.2, 0.25) is 15.1 Å². The minimum atomic E-state index is -0.471. The van der Waals surface area contributed by atoms with E-state index in [1.165, 1.54) is 12.1 Å². The first kappa shape index (κ1) is 24.3. The second kappa shape index (κ2) is 10.2. The summed E-state index contributed by atoms with van der Waals surface area (Å²) in [6.07, 6.45) is 1.46. The van der Waals surface area contributed by atoms with Gasteiger partial charge >= 0.3 is 0 Å². The second-order valence-electron chi connectivity index (χ2n) is 7.39. The fourth-order valence-electron chi connectivity index (χ4n) is 3.08. The Bertz CT molecular complexity index is 1370. The van der Waals surface area contributed by atoms with Gasteiger partial charge in [-0.15, -0.1) is 0 Å². The normalized spacial score (nSPS) is 15.2. The number of thioether (sulfide) groups is 1. The predicted molar refractivity (Wildman–Crippen MR) is 136 cm³/mol. The number of phenols is 1. The molecule has 172 valence electrons. The lowest BCUT2D eigenvalue weighted by molar-refractivity contribution is -0.123. The van der Waals surface area contributed by atoms with Crippen molar-refractivity contribution in [2.45, 2.75) is 13.5 Å². The maximum atomic E-state index is 12.9. The first-order valence-corrected chi connectivity index (χ1v) is 11.9. The summed E-state index contributed by atoms with van der Waals surface area (Å²) in [5, 5.41) is 19.5. The quantitative estimate of drug-likeness (QED) is 0.264. The Morgan fingerprint density at radius 1 is 0.912 bits per heavy atom. The van der Waals surface area contributed by atoms with E-state index in [1.807, 2.05) is 13.0 Å². The van der Waals surface area contributed by atoms with Crippen molar-refractivity contribution < 1.29 is 14.7 Å². The van der Waals surface area contributed by atoms with Crippen LogP contribution in [0, 0.1) is 6.92 Å². The average Bonchev–Trinajstić information content (AvgIpc) is 3.06. The zero-order chi connectivity index (χ0) is 24.4. The van der Waals surface area contributed by atoms with Gasteiger partial charge in [0.05, 0.1) is 32.9 Å². The fraction of sp³-hybridized carbons (Fsp3) is 0.0833. The lowest BCUT2D eigenvalue weighted by atomic mass is 10.1. The van der Waals surface area contributed by atoms with Crippen LogP contribution >= 0.6 is 46.6 Å². The van der Waals surface area contributed by atoms with Gasteiger partial charge in [-0.25, -0.2) is 0 Å². The van der Waals surface area contributed by atoms with Gasteiger partial charge in [0.25, 0.3) is 11.1 Å². The van der Waals surface area contributed by atoms with E-state index in [1.54, 1.807) is 42.5 Å². The summed E-state index contributed by atoms with van der Waals surface area (Å²) < 4.78 is 0. The minimum absolute atomic E-state index is 0.0538. The third-order valence-electron chi connectivity index (χ3n) is 4.93. The van der Waals surface area contributed by atoms with Crippen molar-refractivity contribution in [2.24, 2.45) is 10.2 Å². The van der Waals surface area contributed by atoms with Gasteiger partial charge in [0.15, 0.2) is 0 Å². The number of nitrogens with zero attached hydrogens (tertiary/aromatic N) is 3. The molecule has 0 aromatic heterocycles. The van der Waals surface area contributed by atoms with E-state index in [9.17, 15) is 14.7 Å². The number of imide groups is 1. The van der Waals surface area contributed by atoms with Crippen LogP contribution in [-0.4, -0.2) is 21.2 Å². The summed E-state index contributed by atoms with van der Waals surface area (Å²) in [7, 11) is 0. The lowest BCUT2D eigenvalue weighted by Gasteiger charge is -2.13.